The van der Waals surface area contributed by atoms with Gasteiger partial charge in [-0.1, -0.05) is 18.2 Å². The maximum absolute atomic E-state index is 11.7. The van der Waals surface area contributed by atoms with E-state index in [9.17, 15) is 4.79 Å². The number of ether oxygens (including phenoxy) is 1. The van der Waals surface area contributed by atoms with E-state index in [-0.39, 0.29) is 18.0 Å². The summed E-state index contributed by atoms with van der Waals surface area (Å²) in [5.41, 5.74) is 0.594. The van der Waals surface area contributed by atoms with E-state index in [0.29, 0.717) is 6.61 Å². The minimum absolute atomic E-state index is 0.0455. The standard InChI is InChI=1S/C13H20N2O2/c1-13(2,10-17-3)15-12(16)9-14-11-7-5-4-6-8-11/h4-8,14H,9-10H2,1-3H3,(H,15,16). The summed E-state index contributed by atoms with van der Waals surface area (Å²) in [6, 6.07) is 9.64. The van der Waals surface area contributed by atoms with E-state index in [1.54, 1.807) is 7.11 Å². The summed E-state index contributed by atoms with van der Waals surface area (Å²) in [7, 11) is 1.62. The first kappa shape index (κ1) is 13.5. The highest BCUT2D eigenvalue weighted by Gasteiger charge is 2.19. The third-order valence-electron chi connectivity index (χ3n) is 2.21. The zero-order chi connectivity index (χ0) is 12.7. The predicted octanol–water partition coefficient (Wildman–Crippen LogP) is 1.64. The number of amides is 1. The minimum atomic E-state index is -0.343. The van der Waals surface area contributed by atoms with Gasteiger partial charge in [0.15, 0.2) is 0 Å². The van der Waals surface area contributed by atoms with Gasteiger partial charge in [0.2, 0.25) is 5.91 Å². The van der Waals surface area contributed by atoms with Crippen molar-refractivity contribution in [1.29, 1.82) is 0 Å². The lowest BCUT2D eigenvalue weighted by molar-refractivity contribution is -0.121. The Morgan fingerprint density at radius 2 is 1.94 bits per heavy atom. The lowest BCUT2D eigenvalue weighted by Gasteiger charge is -2.25. The maximum Gasteiger partial charge on any atom is 0.239 e. The molecule has 0 spiro atoms. The van der Waals surface area contributed by atoms with Gasteiger partial charge in [-0.3, -0.25) is 4.79 Å². The van der Waals surface area contributed by atoms with Gasteiger partial charge in [-0.2, -0.15) is 0 Å². The Labute approximate surface area is 102 Å². The van der Waals surface area contributed by atoms with Crippen LogP contribution >= 0.6 is 0 Å². The van der Waals surface area contributed by atoms with Crippen molar-refractivity contribution in [2.45, 2.75) is 19.4 Å². The number of benzene rings is 1. The van der Waals surface area contributed by atoms with Crippen LogP contribution in [0.25, 0.3) is 0 Å². The van der Waals surface area contributed by atoms with Crippen LogP contribution in [0.4, 0.5) is 5.69 Å². The van der Waals surface area contributed by atoms with Crippen LogP contribution in [0.5, 0.6) is 0 Å². The van der Waals surface area contributed by atoms with Gasteiger partial charge < -0.3 is 15.4 Å². The number of nitrogens with one attached hydrogen (secondary N) is 2. The highest BCUT2D eigenvalue weighted by Crippen LogP contribution is 2.05. The summed E-state index contributed by atoms with van der Waals surface area (Å²) in [6.07, 6.45) is 0. The smallest absolute Gasteiger partial charge is 0.239 e. The molecule has 0 saturated carbocycles. The number of hydrogen-bond acceptors (Lipinski definition) is 3. The average molecular weight is 236 g/mol. The Morgan fingerprint density at radius 1 is 1.29 bits per heavy atom. The zero-order valence-electron chi connectivity index (χ0n) is 10.6. The molecule has 94 valence electrons. The van der Waals surface area contributed by atoms with Crippen molar-refractivity contribution in [3.63, 3.8) is 0 Å². The summed E-state index contributed by atoms with van der Waals surface area (Å²) in [6.45, 7) is 4.61. The summed E-state index contributed by atoms with van der Waals surface area (Å²) < 4.78 is 5.04. The SMILES string of the molecule is COCC(C)(C)NC(=O)CNc1ccccc1. The lowest BCUT2D eigenvalue weighted by atomic mass is 10.1. The van der Waals surface area contributed by atoms with E-state index < -0.39 is 0 Å². The first-order valence-electron chi connectivity index (χ1n) is 5.62. The predicted molar refractivity (Wildman–Crippen MR) is 69.0 cm³/mol. The fourth-order valence-electron chi connectivity index (χ4n) is 1.56. The third kappa shape index (κ3) is 5.36. The van der Waals surface area contributed by atoms with Crippen molar-refractivity contribution in [3.8, 4) is 0 Å². The molecular weight excluding hydrogens is 216 g/mol. The maximum atomic E-state index is 11.7. The van der Waals surface area contributed by atoms with Crippen molar-refractivity contribution in [1.82, 2.24) is 5.32 Å². The molecule has 1 aromatic carbocycles. The van der Waals surface area contributed by atoms with Crippen LogP contribution in [0.15, 0.2) is 30.3 Å². The Bertz CT molecular complexity index is 350. The number of carbonyl (C=O) groups excluding carboxylic acids is 1. The Kier molecular flexibility index (Phi) is 4.97. The number of hydrogen-bond donors (Lipinski definition) is 2. The van der Waals surface area contributed by atoms with Crippen LogP contribution in [0.3, 0.4) is 0 Å². The molecule has 0 unspecified atom stereocenters. The molecule has 0 aromatic heterocycles. The van der Waals surface area contributed by atoms with Crippen molar-refractivity contribution in [2.24, 2.45) is 0 Å². The molecular formula is C13H20N2O2. The molecule has 1 aromatic rings. The Balaban J connectivity index is 2.35. The highest BCUT2D eigenvalue weighted by molar-refractivity contribution is 5.81. The van der Waals surface area contributed by atoms with Gasteiger partial charge in [0.05, 0.1) is 18.7 Å². The van der Waals surface area contributed by atoms with Gasteiger partial charge in [-0.25, -0.2) is 0 Å². The molecule has 1 amide bonds. The molecule has 0 aliphatic heterocycles. The summed E-state index contributed by atoms with van der Waals surface area (Å²) in [5.74, 6) is -0.0455. The molecule has 0 radical (unpaired) electrons. The third-order valence-corrected chi connectivity index (χ3v) is 2.21. The van der Waals surface area contributed by atoms with Gasteiger partial charge >= 0.3 is 0 Å². The second-order valence-corrected chi connectivity index (χ2v) is 4.58. The Morgan fingerprint density at radius 3 is 2.53 bits per heavy atom. The lowest BCUT2D eigenvalue weighted by Crippen LogP contribution is -2.48. The molecule has 1 rings (SSSR count). The van der Waals surface area contributed by atoms with Crippen LogP contribution in [0.1, 0.15) is 13.8 Å². The van der Waals surface area contributed by atoms with Crippen LogP contribution in [0, 0.1) is 0 Å². The summed E-state index contributed by atoms with van der Waals surface area (Å²) in [5, 5.41) is 5.96. The summed E-state index contributed by atoms with van der Waals surface area (Å²) in [4.78, 5) is 11.7. The second kappa shape index (κ2) is 6.25. The normalized spacial score (nSPS) is 11.0. The van der Waals surface area contributed by atoms with E-state index in [1.165, 1.54) is 0 Å². The molecule has 0 aliphatic rings. The average Bonchev–Trinajstić information content (AvgIpc) is 2.27. The van der Waals surface area contributed by atoms with Crippen molar-refractivity contribution in [2.75, 3.05) is 25.6 Å². The fraction of sp³-hybridized carbons (Fsp3) is 0.462. The quantitative estimate of drug-likeness (QED) is 0.789. The van der Waals surface area contributed by atoms with Gasteiger partial charge in [0, 0.05) is 12.8 Å². The number of methoxy groups -OCH3 is 1. The number of carbonyl (C=O) groups is 1. The molecule has 17 heavy (non-hydrogen) atoms. The second-order valence-electron chi connectivity index (χ2n) is 4.58. The van der Waals surface area contributed by atoms with Crippen molar-refractivity contribution >= 4 is 11.6 Å². The van der Waals surface area contributed by atoms with Gasteiger partial charge in [-0.15, -0.1) is 0 Å². The molecule has 0 heterocycles. The molecule has 0 saturated heterocycles. The topological polar surface area (TPSA) is 50.4 Å². The van der Waals surface area contributed by atoms with Crippen molar-refractivity contribution < 1.29 is 9.53 Å². The molecule has 2 N–H and O–H groups in total. The van der Waals surface area contributed by atoms with Gasteiger partial charge in [0.1, 0.15) is 0 Å². The molecule has 4 nitrogen and oxygen atoms in total. The monoisotopic (exact) mass is 236 g/mol. The molecule has 4 heteroatoms. The molecule has 0 bridgehead atoms. The van der Waals surface area contributed by atoms with Crippen LogP contribution in [-0.4, -0.2) is 31.7 Å². The van der Waals surface area contributed by atoms with E-state index >= 15 is 0 Å². The Hall–Kier alpha value is -1.55. The largest absolute Gasteiger partial charge is 0.382 e. The molecule has 0 aliphatic carbocycles. The molecule has 0 atom stereocenters. The number of anilines is 1. The number of rotatable bonds is 6. The van der Waals surface area contributed by atoms with E-state index in [0.717, 1.165) is 5.69 Å². The number of para-hydroxylation sites is 1. The minimum Gasteiger partial charge on any atom is -0.382 e. The van der Waals surface area contributed by atoms with Crippen molar-refractivity contribution in [3.05, 3.63) is 30.3 Å². The van der Waals surface area contributed by atoms with Gasteiger partial charge in [-0.05, 0) is 26.0 Å². The first-order chi connectivity index (χ1) is 8.03. The van der Waals surface area contributed by atoms with Gasteiger partial charge in [0.25, 0.3) is 0 Å². The first-order valence-corrected chi connectivity index (χ1v) is 5.62. The molecule has 0 fully saturated rings. The van der Waals surface area contributed by atoms with E-state index in [1.807, 2.05) is 44.2 Å². The van der Waals surface area contributed by atoms with E-state index in [2.05, 4.69) is 10.6 Å². The summed E-state index contributed by atoms with van der Waals surface area (Å²) >= 11 is 0. The van der Waals surface area contributed by atoms with Crippen LogP contribution in [-0.2, 0) is 9.53 Å². The van der Waals surface area contributed by atoms with E-state index in [4.69, 9.17) is 4.74 Å². The zero-order valence-corrected chi connectivity index (χ0v) is 10.6. The highest BCUT2D eigenvalue weighted by atomic mass is 16.5. The fourth-order valence-corrected chi connectivity index (χ4v) is 1.56. The van der Waals surface area contributed by atoms with Crippen LogP contribution in [0.2, 0.25) is 0 Å². The van der Waals surface area contributed by atoms with Crippen LogP contribution < -0.4 is 10.6 Å².